The summed E-state index contributed by atoms with van der Waals surface area (Å²) in [5, 5.41) is 9.39. The minimum absolute atomic E-state index is 0. The molecule has 0 saturated carbocycles. The Balaban J connectivity index is 0.00000420. The normalized spacial score (nSPS) is 10.9. The van der Waals surface area contributed by atoms with E-state index in [1.807, 2.05) is 71.4 Å². The van der Waals surface area contributed by atoms with Gasteiger partial charge in [0.25, 0.3) is 0 Å². The highest BCUT2D eigenvalue weighted by Gasteiger charge is 2.15. The van der Waals surface area contributed by atoms with Crippen molar-refractivity contribution in [3.05, 3.63) is 82.9 Å². The van der Waals surface area contributed by atoms with Crippen molar-refractivity contribution < 1.29 is 31.6 Å². The number of amides is 1. The van der Waals surface area contributed by atoms with Gasteiger partial charge in [-0.3, -0.25) is 9.48 Å². The highest BCUT2D eigenvalue weighted by molar-refractivity contribution is 6.30. The first-order valence-corrected chi connectivity index (χ1v) is 13.5. The van der Waals surface area contributed by atoms with E-state index in [0.29, 0.717) is 29.7 Å². The highest BCUT2D eigenvalue weighted by atomic mass is 35.5. The van der Waals surface area contributed by atoms with E-state index in [-0.39, 0.29) is 24.7 Å². The zero-order chi connectivity index (χ0) is 26.9. The molecule has 0 atom stereocenters. The molecule has 4 aromatic rings. The molecule has 1 amide bonds. The van der Waals surface area contributed by atoms with Crippen LogP contribution in [0.25, 0.3) is 10.9 Å². The summed E-state index contributed by atoms with van der Waals surface area (Å²) < 4.78 is 13.3. The number of anilines is 1. The molecule has 0 unspecified atom stereocenters. The van der Waals surface area contributed by atoms with Gasteiger partial charge in [-0.1, -0.05) is 35.9 Å². The van der Waals surface area contributed by atoms with E-state index in [1.54, 1.807) is 12.0 Å². The van der Waals surface area contributed by atoms with E-state index in [4.69, 9.17) is 26.2 Å². The molecule has 39 heavy (non-hydrogen) atoms. The summed E-state index contributed by atoms with van der Waals surface area (Å²) in [5.41, 5.74) is 3.66. The number of hydrogen-bond acceptors (Lipinski definition) is 4. The molecule has 208 valence electrons. The Bertz CT molecular complexity index is 1340. The summed E-state index contributed by atoms with van der Waals surface area (Å²) in [6.45, 7) is 8.85. The molecule has 9 heteroatoms. The van der Waals surface area contributed by atoms with E-state index in [2.05, 4.69) is 19.2 Å². The number of carbonyl (C=O) groups is 1. The van der Waals surface area contributed by atoms with Crippen molar-refractivity contribution in [3.63, 3.8) is 0 Å². The van der Waals surface area contributed by atoms with Crippen molar-refractivity contribution in [1.82, 2.24) is 9.78 Å². The second-order valence-electron chi connectivity index (χ2n) is 9.30. The molecular formula is C30H36Cl2N4O3. The Morgan fingerprint density at radius 2 is 1.69 bits per heavy atom. The van der Waals surface area contributed by atoms with Gasteiger partial charge in [0.05, 0.1) is 57.2 Å². The number of methoxy groups -OCH3 is 1. The average molecular weight is 572 g/mol. The van der Waals surface area contributed by atoms with E-state index < -0.39 is 0 Å². The Morgan fingerprint density at radius 1 is 1.00 bits per heavy atom. The number of benzene rings is 3. The lowest BCUT2D eigenvalue weighted by atomic mass is 10.1. The van der Waals surface area contributed by atoms with Crippen molar-refractivity contribution in [1.29, 1.82) is 0 Å². The molecule has 0 radical (unpaired) electrons. The molecule has 1 heterocycles. The predicted molar refractivity (Wildman–Crippen MR) is 153 cm³/mol. The van der Waals surface area contributed by atoms with Crippen LogP contribution >= 0.6 is 11.6 Å². The number of carbonyl (C=O) groups excluding carboxylic acids is 1. The lowest BCUT2D eigenvalue weighted by molar-refractivity contribution is -0.896. The fraction of sp³-hybridized carbons (Fsp3) is 0.333. The third-order valence-corrected chi connectivity index (χ3v) is 6.94. The monoisotopic (exact) mass is 570 g/mol. The molecule has 1 aromatic heterocycles. The van der Waals surface area contributed by atoms with Gasteiger partial charge in [-0.25, -0.2) is 0 Å². The van der Waals surface area contributed by atoms with Gasteiger partial charge in [0.15, 0.2) is 0 Å². The summed E-state index contributed by atoms with van der Waals surface area (Å²) in [6.07, 6.45) is 1.22. The van der Waals surface area contributed by atoms with Gasteiger partial charge < -0.3 is 32.1 Å². The standard InChI is InChI=1S/C30H35ClN4O3.ClH/c1-4-34(5-2)17-6-18-38-30-27-20-25(32-29(36)19-22-9-14-26(37-3)15-10-22)13-16-28(27)35(33-30)21-23-7-11-24(31)12-8-23;/h7-16,20H,4-6,17-19,21H2,1-3H3,(H,32,36);1H. The van der Waals surface area contributed by atoms with Crippen LogP contribution in [0.3, 0.4) is 0 Å². The third kappa shape index (κ3) is 8.36. The lowest BCUT2D eigenvalue weighted by Gasteiger charge is -2.14. The zero-order valence-corrected chi connectivity index (χ0v) is 24.2. The summed E-state index contributed by atoms with van der Waals surface area (Å²) in [7, 11) is 1.62. The Hall–Kier alpha value is -3.26. The maximum absolute atomic E-state index is 12.8. The summed E-state index contributed by atoms with van der Waals surface area (Å²) in [4.78, 5) is 14.3. The van der Waals surface area contributed by atoms with E-state index in [9.17, 15) is 4.79 Å². The first-order valence-electron chi connectivity index (χ1n) is 13.1. The molecule has 0 aliphatic heterocycles. The number of quaternary nitrogens is 1. The molecular weight excluding hydrogens is 535 g/mol. The van der Waals surface area contributed by atoms with Crippen molar-refractivity contribution in [2.24, 2.45) is 0 Å². The number of nitrogens with one attached hydrogen (secondary N) is 2. The van der Waals surface area contributed by atoms with Gasteiger partial charge in [0.1, 0.15) is 5.75 Å². The van der Waals surface area contributed by atoms with Crippen LogP contribution in [-0.4, -0.2) is 49.0 Å². The molecule has 2 N–H and O–H groups in total. The van der Waals surface area contributed by atoms with E-state index in [1.165, 1.54) is 0 Å². The molecule has 0 spiro atoms. The van der Waals surface area contributed by atoms with Crippen LogP contribution in [0.5, 0.6) is 11.6 Å². The maximum atomic E-state index is 12.8. The van der Waals surface area contributed by atoms with Gasteiger partial charge in [-0.2, -0.15) is 0 Å². The van der Waals surface area contributed by atoms with E-state index in [0.717, 1.165) is 53.8 Å². The Kier molecular flexibility index (Phi) is 11.5. The minimum Gasteiger partial charge on any atom is -1.00 e. The molecule has 0 aliphatic rings. The molecule has 7 nitrogen and oxygen atoms in total. The molecule has 0 aliphatic carbocycles. The second-order valence-corrected chi connectivity index (χ2v) is 9.74. The fourth-order valence-electron chi connectivity index (χ4n) is 4.45. The molecule has 0 fully saturated rings. The van der Waals surface area contributed by atoms with Crippen LogP contribution in [0.2, 0.25) is 5.02 Å². The zero-order valence-electron chi connectivity index (χ0n) is 22.7. The SMILES string of the molecule is CC[NH+](CC)CCCOc1nn(Cc2ccc(Cl)cc2)c2ccc(NC(=O)Cc3ccc(OC)cc3)cc12.[Cl-]. The van der Waals surface area contributed by atoms with Gasteiger partial charge in [0.2, 0.25) is 11.8 Å². The largest absolute Gasteiger partial charge is 1.00 e. The van der Waals surface area contributed by atoms with Crippen LogP contribution in [0, 0.1) is 0 Å². The van der Waals surface area contributed by atoms with Crippen LogP contribution < -0.4 is 32.1 Å². The lowest BCUT2D eigenvalue weighted by Crippen LogP contribution is -3.11. The first kappa shape index (κ1) is 30.3. The average Bonchev–Trinajstić information content (AvgIpc) is 3.26. The maximum Gasteiger partial charge on any atom is 0.240 e. The van der Waals surface area contributed by atoms with Crippen molar-refractivity contribution in [3.8, 4) is 11.6 Å². The molecule has 4 rings (SSSR count). The van der Waals surface area contributed by atoms with Crippen molar-refractivity contribution >= 4 is 34.1 Å². The van der Waals surface area contributed by atoms with Crippen molar-refractivity contribution in [2.75, 3.05) is 38.7 Å². The molecule has 0 saturated heterocycles. The van der Waals surface area contributed by atoms with Crippen molar-refractivity contribution in [2.45, 2.75) is 33.2 Å². The Morgan fingerprint density at radius 3 is 2.36 bits per heavy atom. The summed E-state index contributed by atoms with van der Waals surface area (Å²) in [5.74, 6) is 1.25. The molecule has 3 aromatic carbocycles. The summed E-state index contributed by atoms with van der Waals surface area (Å²) in [6, 6.07) is 21.1. The number of nitrogens with zero attached hydrogens (tertiary/aromatic N) is 2. The Labute approximate surface area is 241 Å². The fourth-order valence-corrected chi connectivity index (χ4v) is 4.57. The highest BCUT2D eigenvalue weighted by Crippen LogP contribution is 2.29. The smallest absolute Gasteiger partial charge is 0.240 e. The van der Waals surface area contributed by atoms with Gasteiger partial charge in [0, 0.05) is 17.1 Å². The van der Waals surface area contributed by atoms with Crippen LogP contribution in [0.15, 0.2) is 66.7 Å². The van der Waals surface area contributed by atoms with Crippen LogP contribution in [0.1, 0.15) is 31.4 Å². The number of hydrogen-bond donors (Lipinski definition) is 2. The number of fused-ring (bicyclic) bond motifs is 1. The predicted octanol–water partition coefficient (Wildman–Crippen LogP) is 1.63. The molecule has 0 bridgehead atoms. The van der Waals surface area contributed by atoms with Gasteiger partial charge in [-0.05, 0) is 67.4 Å². The second kappa shape index (κ2) is 14.8. The van der Waals surface area contributed by atoms with Gasteiger partial charge >= 0.3 is 0 Å². The number of rotatable bonds is 13. The van der Waals surface area contributed by atoms with Gasteiger partial charge in [-0.15, -0.1) is 5.10 Å². The third-order valence-electron chi connectivity index (χ3n) is 6.68. The number of halogens is 2. The van der Waals surface area contributed by atoms with E-state index >= 15 is 0 Å². The number of ether oxygens (including phenoxy) is 2. The minimum atomic E-state index is -0.0901. The topological polar surface area (TPSA) is 69.8 Å². The first-order chi connectivity index (χ1) is 18.5. The summed E-state index contributed by atoms with van der Waals surface area (Å²) >= 11 is 6.07. The quantitative estimate of drug-likeness (QED) is 0.240. The number of aromatic nitrogens is 2. The van der Waals surface area contributed by atoms with Crippen LogP contribution in [-0.2, 0) is 17.8 Å². The van der Waals surface area contributed by atoms with Crippen LogP contribution in [0.4, 0.5) is 5.69 Å².